The lowest BCUT2D eigenvalue weighted by atomic mass is 9.97. The monoisotopic (exact) mass is 488 g/mol. The van der Waals surface area contributed by atoms with E-state index in [1.54, 1.807) is 36.4 Å². The highest BCUT2D eigenvalue weighted by Crippen LogP contribution is 2.46. The van der Waals surface area contributed by atoms with Crippen LogP contribution in [0.5, 0.6) is 0 Å². The van der Waals surface area contributed by atoms with Crippen LogP contribution in [0.2, 0.25) is 15.1 Å². The Balaban J connectivity index is 1.71. The zero-order valence-electron chi connectivity index (χ0n) is 15.6. The topological polar surface area (TPSA) is 59.0 Å². The number of nitrogens with one attached hydrogen (secondary N) is 2. The summed E-state index contributed by atoms with van der Waals surface area (Å²) in [4.78, 5) is 12.7. The number of nitrogens with zero attached hydrogens (tertiary/aromatic N) is 2. The summed E-state index contributed by atoms with van der Waals surface area (Å²) in [5.41, 5.74) is 0.490. The molecule has 162 valence electrons. The van der Waals surface area contributed by atoms with Crippen molar-refractivity contribution in [1.82, 2.24) is 9.78 Å². The summed E-state index contributed by atoms with van der Waals surface area (Å²) in [5, 5.41) is 9.44. The fourth-order valence-electron chi connectivity index (χ4n) is 3.42. The van der Waals surface area contributed by atoms with E-state index in [0.29, 0.717) is 5.56 Å². The molecule has 0 saturated heterocycles. The first-order valence-electron chi connectivity index (χ1n) is 9.08. The Kier molecular flexibility index (Phi) is 5.81. The highest BCUT2D eigenvalue weighted by atomic mass is 35.5. The zero-order valence-corrected chi connectivity index (χ0v) is 17.8. The molecule has 2 heterocycles. The number of halogens is 6. The Labute approximate surface area is 190 Å². The van der Waals surface area contributed by atoms with Gasteiger partial charge in [-0.05, 0) is 17.7 Å². The third-order valence-electron chi connectivity index (χ3n) is 4.91. The molecule has 1 aromatic heterocycles. The van der Waals surface area contributed by atoms with Gasteiger partial charge in [0.15, 0.2) is 11.7 Å². The molecule has 0 aliphatic carbocycles. The number of anilines is 2. The van der Waals surface area contributed by atoms with Crippen LogP contribution >= 0.6 is 34.8 Å². The molecule has 3 aromatic rings. The van der Waals surface area contributed by atoms with Crippen LogP contribution in [0, 0.1) is 0 Å². The van der Waals surface area contributed by atoms with Gasteiger partial charge < -0.3 is 10.6 Å². The van der Waals surface area contributed by atoms with E-state index in [0.717, 1.165) is 4.68 Å². The molecule has 0 bridgehead atoms. The van der Waals surface area contributed by atoms with E-state index in [2.05, 4.69) is 15.7 Å². The quantitative estimate of drug-likeness (QED) is 0.427. The predicted molar refractivity (Wildman–Crippen MR) is 114 cm³/mol. The Hall–Kier alpha value is -2.42. The van der Waals surface area contributed by atoms with Crippen molar-refractivity contribution in [3.63, 3.8) is 0 Å². The first kappa shape index (κ1) is 21.8. The first-order valence-corrected chi connectivity index (χ1v) is 10.2. The van der Waals surface area contributed by atoms with Gasteiger partial charge in [-0.2, -0.15) is 18.3 Å². The average Bonchev–Trinajstić information content (AvgIpc) is 3.07. The van der Waals surface area contributed by atoms with Crippen LogP contribution in [0.3, 0.4) is 0 Å². The van der Waals surface area contributed by atoms with Crippen molar-refractivity contribution >= 4 is 52.2 Å². The Morgan fingerprint density at radius 1 is 1.06 bits per heavy atom. The van der Waals surface area contributed by atoms with E-state index in [4.69, 9.17) is 34.8 Å². The molecule has 0 radical (unpaired) electrons. The minimum Gasteiger partial charge on any atom is -0.362 e. The molecule has 4 rings (SSSR count). The number of hydrogen-bond acceptors (Lipinski definition) is 3. The highest BCUT2D eigenvalue weighted by Gasteiger charge is 2.47. The van der Waals surface area contributed by atoms with Crippen molar-refractivity contribution in [3.8, 4) is 0 Å². The molecule has 2 atom stereocenters. The number of aromatic nitrogens is 2. The molecule has 1 aliphatic rings. The number of alkyl halides is 3. The molecule has 2 N–H and O–H groups in total. The van der Waals surface area contributed by atoms with Crippen molar-refractivity contribution < 1.29 is 18.0 Å². The molecule has 0 unspecified atom stereocenters. The molecular weight excluding hydrogens is 476 g/mol. The van der Waals surface area contributed by atoms with Crippen molar-refractivity contribution in [3.05, 3.63) is 74.9 Å². The second-order valence-electron chi connectivity index (χ2n) is 6.91. The van der Waals surface area contributed by atoms with Gasteiger partial charge >= 0.3 is 6.18 Å². The second kappa shape index (κ2) is 8.26. The van der Waals surface area contributed by atoms with Crippen LogP contribution in [0.25, 0.3) is 0 Å². The van der Waals surface area contributed by atoms with Crippen molar-refractivity contribution in [2.45, 2.75) is 24.7 Å². The lowest BCUT2D eigenvalue weighted by molar-refractivity contribution is -0.173. The molecule has 0 fully saturated rings. The van der Waals surface area contributed by atoms with Gasteiger partial charge in [0.05, 0.1) is 21.8 Å². The number of carbonyl (C=O) groups excluding carboxylic acids is 1. The van der Waals surface area contributed by atoms with Crippen LogP contribution in [0.4, 0.5) is 24.7 Å². The average molecular weight is 490 g/mol. The van der Waals surface area contributed by atoms with Crippen molar-refractivity contribution in [2.24, 2.45) is 0 Å². The van der Waals surface area contributed by atoms with Crippen LogP contribution < -0.4 is 10.6 Å². The van der Waals surface area contributed by atoms with E-state index in [1.807, 2.05) is 0 Å². The maximum absolute atomic E-state index is 13.8. The van der Waals surface area contributed by atoms with Gasteiger partial charge in [0.25, 0.3) is 5.91 Å². The molecule has 11 heteroatoms. The van der Waals surface area contributed by atoms with Crippen molar-refractivity contribution in [1.29, 1.82) is 0 Å². The molecule has 2 aromatic carbocycles. The minimum atomic E-state index is -4.59. The molecule has 1 aliphatic heterocycles. The molecule has 0 saturated carbocycles. The van der Waals surface area contributed by atoms with Crippen molar-refractivity contribution in [2.75, 3.05) is 10.6 Å². The minimum absolute atomic E-state index is 0.0774. The standard InChI is InChI=1S/C20H14Cl3F3N4O/c21-11-7-4-8-12(15(11)22)28-19(31)17-16(23)18-27-13(10-5-2-1-3-6-10)9-14(20(24,25)26)30(18)29-17/h1-8,13-14,27H,9H2,(H,28,31)/t13-,14+/m1/s1. The zero-order chi connectivity index (χ0) is 22.3. The number of fused-ring (bicyclic) bond motifs is 1. The maximum atomic E-state index is 13.8. The summed E-state index contributed by atoms with van der Waals surface area (Å²) in [6.07, 6.45) is -4.90. The van der Waals surface area contributed by atoms with Crippen LogP contribution in [0.1, 0.15) is 34.6 Å². The lowest BCUT2D eigenvalue weighted by Gasteiger charge is -2.33. The van der Waals surface area contributed by atoms with Gasteiger partial charge in [0, 0.05) is 6.42 Å². The summed E-state index contributed by atoms with van der Waals surface area (Å²) >= 11 is 18.3. The maximum Gasteiger partial charge on any atom is 0.410 e. The molecule has 5 nitrogen and oxygen atoms in total. The number of hydrogen-bond donors (Lipinski definition) is 2. The van der Waals surface area contributed by atoms with E-state index < -0.39 is 24.2 Å². The highest BCUT2D eigenvalue weighted by molar-refractivity contribution is 6.44. The third kappa shape index (κ3) is 4.20. The number of amides is 1. The van der Waals surface area contributed by atoms with E-state index >= 15 is 0 Å². The van der Waals surface area contributed by atoms with E-state index in [-0.39, 0.29) is 38.7 Å². The number of benzene rings is 2. The molecule has 0 spiro atoms. The van der Waals surface area contributed by atoms with Gasteiger partial charge in [0.2, 0.25) is 0 Å². The van der Waals surface area contributed by atoms with E-state index in [1.165, 1.54) is 12.1 Å². The number of carbonyl (C=O) groups is 1. The van der Waals surface area contributed by atoms with Gasteiger partial charge in [-0.1, -0.05) is 71.2 Å². The van der Waals surface area contributed by atoms with Crippen LogP contribution in [-0.2, 0) is 0 Å². The normalized spacial score (nSPS) is 18.3. The smallest absolute Gasteiger partial charge is 0.362 e. The largest absolute Gasteiger partial charge is 0.410 e. The van der Waals surface area contributed by atoms with Crippen LogP contribution in [0.15, 0.2) is 48.5 Å². The van der Waals surface area contributed by atoms with Gasteiger partial charge in [0.1, 0.15) is 10.8 Å². The third-order valence-corrected chi connectivity index (χ3v) is 6.09. The molecule has 1 amide bonds. The summed E-state index contributed by atoms with van der Waals surface area (Å²) in [7, 11) is 0. The predicted octanol–water partition coefficient (Wildman–Crippen LogP) is 6.76. The van der Waals surface area contributed by atoms with E-state index in [9.17, 15) is 18.0 Å². The number of rotatable bonds is 3. The molecule has 31 heavy (non-hydrogen) atoms. The molecular formula is C20H14Cl3F3N4O. The summed E-state index contributed by atoms with van der Waals surface area (Å²) < 4.78 is 42.2. The SMILES string of the molecule is O=C(Nc1cccc(Cl)c1Cl)c1nn2c(c1Cl)N[C@@H](c1ccccc1)C[C@H]2C(F)(F)F. The van der Waals surface area contributed by atoms with Crippen LogP contribution in [-0.4, -0.2) is 21.9 Å². The van der Waals surface area contributed by atoms with Gasteiger partial charge in [-0.25, -0.2) is 4.68 Å². The Bertz CT molecular complexity index is 1130. The second-order valence-corrected chi connectivity index (χ2v) is 8.08. The summed E-state index contributed by atoms with van der Waals surface area (Å²) in [6.45, 7) is 0. The fourth-order valence-corrected chi connectivity index (χ4v) is 4.03. The summed E-state index contributed by atoms with van der Waals surface area (Å²) in [5.74, 6) is -0.888. The van der Waals surface area contributed by atoms with Gasteiger partial charge in [-0.3, -0.25) is 4.79 Å². The lowest BCUT2D eigenvalue weighted by Crippen LogP contribution is -2.35. The summed E-state index contributed by atoms with van der Waals surface area (Å²) in [6, 6.07) is 10.7. The fraction of sp³-hybridized carbons (Fsp3) is 0.200. The first-order chi connectivity index (χ1) is 14.7. The van der Waals surface area contributed by atoms with Gasteiger partial charge in [-0.15, -0.1) is 0 Å². The Morgan fingerprint density at radius 2 is 1.77 bits per heavy atom. The Morgan fingerprint density at radius 3 is 2.45 bits per heavy atom.